The fourth-order valence-electron chi connectivity index (χ4n) is 4.64. The summed E-state index contributed by atoms with van der Waals surface area (Å²) in [5.74, 6) is 0.668. The van der Waals surface area contributed by atoms with Gasteiger partial charge in [0, 0.05) is 23.0 Å². The second-order valence-corrected chi connectivity index (χ2v) is 8.75. The molecule has 0 radical (unpaired) electrons. The molecule has 1 fully saturated rings. The lowest BCUT2D eigenvalue weighted by molar-refractivity contribution is 0.329. The van der Waals surface area contributed by atoms with Gasteiger partial charge in [0.15, 0.2) is 5.82 Å². The summed E-state index contributed by atoms with van der Waals surface area (Å²) >= 11 is 0. The van der Waals surface area contributed by atoms with Crippen molar-refractivity contribution in [1.29, 1.82) is 0 Å². The van der Waals surface area contributed by atoms with Crippen molar-refractivity contribution < 1.29 is 13.2 Å². The van der Waals surface area contributed by atoms with Crippen LogP contribution in [-0.2, 0) is 10.8 Å². The van der Waals surface area contributed by atoms with E-state index in [0.717, 1.165) is 48.2 Å². The zero-order valence-electron chi connectivity index (χ0n) is 15.6. The summed E-state index contributed by atoms with van der Waals surface area (Å²) in [4.78, 5) is 4.62. The molecule has 4 nitrogen and oxygen atoms in total. The second-order valence-electron chi connectivity index (χ2n) is 8.75. The number of hydrogen-bond donors (Lipinski definition) is 0. The summed E-state index contributed by atoms with van der Waals surface area (Å²) in [7, 11) is 0. The molecular formula is C21H21F2N3O. The van der Waals surface area contributed by atoms with E-state index in [1.165, 1.54) is 12.1 Å². The third-order valence-corrected chi connectivity index (χ3v) is 6.02. The van der Waals surface area contributed by atoms with Gasteiger partial charge in [0.05, 0.1) is 23.5 Å². The number of rotatable bonds is 2. The Morgan fingerprint density at radius 2 is 2.04 bits per heavy atom. The van der Waals surface area contributed by atoms with Crippen LogP contribution in [0.4, 0.5) is 8.78 Å². The van der Waals surface area contributed by atoms with Crippen LogP contribution < -0.4 is 0 Å². The van der Waals surface area contributed by atoms with E-state index in [9.17, 15) is 8.78 Å². The molecule has 0 saturated heterocycles. The van der Waals surface area contributed by atoms with Crippen LogP contribution in [0.3, 0.4) is 0 Å². The molecule has 0 spiro atoms. The fraction of sp³-hybridized carbons (Fsp3) is 0.429. The Bertz CT molecular complexity index is 1050. The first-order chi connectivity index (χ1) is 12.8. The Morgan fingerprint density at radius 1 is 1.22 bits per heavy atom. The molecule has 0 aliphatic heterocycles. The predicted octanol–water partition coefficient (Wildman–Crippen LogP) is 5.00. The van der Waals surface area contributed by atoms with E-state index in [1.54, 1.807) is 10.9 Å². The van der Waals surface area contributed by atoms with Crippen LogP contribution in [0.1, 0.15) is 68.9 Å². The number of oxazole rings is 1. The molecule has 3 aromatic rings. The van der Waals surface area contributed by atoms with Crippen LogP contribution in [0.25, 0.3) is 5.69 Å². The third-order valence-electron chi connectivity index (χ3n) is 6.02. The average Bonchev–Trinajstić information content (AvgIpc) is 3.35. The number of fused-ring (bicyclic) bond motifs is 5. The molecule has 1 aromatic carbocycles. The Morgan fingerprint density at radius 3 is 2.74 bits per heavy atom. The van der Waals surface area contributed by atoms with Gasteiger partial charge in [-0.3, -0.25) is 0 Å². The lowest BCUT2D eigenvalue weighted by Crippen LogP contribution is -2.22. The summed E-state index contributed by atoms with van der Waals surface area (Å²) in [6.45, 7) is 6.30. The molecule has 0 amide bonds. The maximum Gasteiger partial charge on any atom is 0.205 e. The van der Waals surface area contributed by atoms with Gasteiger partial charge in [-0.15, -0.1) is 0 Å². The van der Waals surface area contributed by atoms with E-state index >= 15 is 0 Å². The summed E-state index contributed by atoms with van der Waals surface area (Å²) in [6.07, 6.45) is 6.45. The van der Waals surface area contributed by atoms with Gasteiger partial charge >= 0.3 is 0 Å². The highest BCUT2D eigenvalue weighted by Gasteiger charge is 2.55. The van der Waals surface area contributed by atoms with E-state index in [-0.39, 0.29) is 22.4 Å². The minimum Gasteiger partial charge on any atom is -0.444 e. The first kappa shape index (κ1) is 16.7. The van der Waals surface area contributed by atoms with Gasteiger partial charge in [-0.05, 0) is 31.4 Å². The van der Waals surface area contributed by atoms with Crippen LogP contribution >= 0.6 is 0 Å². The van der Waals surface area contributed by atoms with E-state index in [0.29, 0.717) is 0 Å². The van der Waals surface area contributed by atoms with Gasteiger partial charge in [0.1, 0.15) is 17.3 Å². The van der Waals surface area contributed by atoms with Crippen molar-refractivity contribution in [2.24, 2.45) is 0 Å². The van der Waals surface area contributed by atoms with Gasteiger partial charge in [0.2, 0.25) is 5.89 Å². The maximum absolute atomic E-state index is 14.3. The SMILES string of the molecule is CC(C)(C)c1cnc([C@]23CC[C@@H](C2)c2c3cnn2-c2ccc(F)cc2F)o1. The molecule has 2 heterocycles. The maximum atomic E-state index is 14.3. The first-order valence-corrected chi connectivity index (χ1v) is 9.30. The Balaban J connectivity index is 1.63. The molecule has 0 unspecified atom stereocenters. The van der Waals surface area contributed by atoms with Crippen LogP contribution in [0, 0.1) is 11.6 Å². The lowest BCUT2D eigenvalue weighted by Gasteiger charge is -2.23. The third kappa shape index (κ3) is 2.25. The molecule has 2 aliphatic rings. The van der Waals surface area contributed by atoms with Gasteiger partial charge in [-0.1, -0.05) is 20.8 Å². The molecule has 5 rings (SSSR count). The largest absolute Gasteiger partial charge is 0.444 e. The number of nitrogens with zero attached hydrogens (tertiary/aromatic N) is 3. The van der Waals surface area contributed by atoms with Crippen LogP contribution in [-0.4, -0.2) is 14.8 Å². The van der Waals surface area contributed by atoms with Crippen molar-refractivity contribution >= 4 is 0 Å². The predicted molar refractivity (Wildman–Crippen MR) is 96.1 cm³/mol. The highest BCUT2D eigenvalue weighted by atomic mass is 19.1. The quantitative estimate of drug-likeness (QED) is 0.638. The Labute approximate surface area is 156 Å². The van der Waals surface area contributed by atoms with Crippen LogP contribution in [0.2, 0.25) is 0 Å². The Hall–Kier alpha value is -2.50. The van der Waals surface area contributed by atoms with E-state index in [2.05, 4.69) is 30.9 Å². The molecular weight excluding hydrogens is 348 g/mol. The molecule has 2 atom stereocenters. The topological polar surface area (TPSA) is 43.9 Å². The van der Waals surface area contributed by atoms with Crippen molar-refractivity contribution in [1.82, 2.24) is 14.8 Å². The van der Waals surface area contributed by atoms with E-state index in [4.69, 9.17) is 4.42 Å². The van der Waals surface area contributed by atoms with Gasteiger partial charge in [-0.2, -0.15) is 5.10 Å². The highest BCUT2D eigenvalue weighted by molar-refractivity contribution is 5.49. The van der Waals surface area contributed by atoms with E-state index in [1.807, 2.05) is 6.20 Å². The van der Waals surface area contributed by atoms with Gasteiger partial charge in [-0.25, -0.2) is 18.4 Å². The first-order valence-electron chi connectivity index (χ1n) is 9.30. The molecule has 6 heteroatoms. The second kappa shape index (κ2) is 5.27. The zero-order valence-corrected chi connectivity index (χ0v) is 15.6. The molecule has 2 bridgehead atoms. The number of benzene rings is 1. The molecule has 27 heavy (non-hydrogen) atoms. The van der Waals surface area contributed by atoms with Gasteiger partial charge < -0.3 is 4.42 Å². The number of halogens is 2. The standard InChI is InChI=1S/C21H21F2N3O/c1-20(2,3)17-11-24-19(27-17)21-7-6-12(9-21)18-14(21)10-25-26(18)16-5-4-13(22)8-15(16)23/h4-5,8,10-12H,6-7,9H2,1-3H3/t12-,21+/m0/s1. The summed E-state index contributed by atoms with van der Waals surface area (Å²) in [5, 5.41) is 4.45. The normalized spacial score (nSPS) is 23.8. The minimum absolute atomic E-state index is 0.108. The van der Waals surface area contributed by atoms with Crippen molar-refractivity contribution in [2.45, 2.75) is 56.8 Å². The summed E-state index contributed by atoms with van der Waals surface area (Å²) in [5.41, 5.74) is 1.94. The Kier molecular flexibility index (Phi) is 3.25. The number of aromatic nitrogens is 3. The minimum atomic E-state index is -0.608. The van der Waals surface area contributed by atoms with Crippen molar-refractivity contribution in [3.05, 3.63) is 65.1 Å². The van der Waals surface area contributed by atoms with Gasteiger partial charge in [0.25, 0.3) is 0 Å². The number of hydrogen-bond acceptors (Lipinski definition) is 3. The molecule has 1 saturated carbocycles. The monoisotopic (exact) mass is 369 g/mol. The molecule has 2 aliphatic carbocycles. The van der Waals surface area contributed by atoms with Crippen LogP contribution in [0.15, 0.2) is 35.0 Å². The van der Waals surface area contributed by atoms with Crippen LogP contribution in [0.5, 0.6) is 0 Å². The fourth-order valence-corrected chi connectivity index (χ4v) is 4.64. The summed E-state index contributed by atoms with van der Waals surface area (Å²) in [6, 6.07) is 3.61. The molecule has 2 aromatic heterocycles. The average molecular weight is 369 g/mol. The molecule has 0 N–H and O–H groups in total. The van der Waals surface area contributed by atoms with E-state index < -0.39 is 11.6 Å². The van der Waals surface area contributed by atoms with Crippen molar-refractivity contribution in [3.8, 4) is 5.69 Å². The summed E-state index contributed by atoms with van der Waals surface area (Å²) < 4.78 is 35.5. The highest BCUT2D eigenvalue weighted by Crippen LogP contribution is 2.60. The zero-order chi connectivity index (χ0) is 19.0. The smallest absolute Gasteiger partial charge is 0.205 e. The molecule has 140 valence electrons. The lowest BCUT2D eigenvalue weighted by atomic mass is 9.81. The van der Waals surface area contributed by atoms with Crippen molar-refractivity contribution in [3.63, 3.8) is 0 Å². The van der Waals surface area contributed by atoms with Crippen molar-refractivity contribution in [2.75, 3.05) is 0 Å².